The van der Waals surface area contributed by atoms with E-state index in [1.165, 1.54) is 20.4 Å². The standard InChI is InChI=1S/C10H17NO4/c1-5-11(6-2)7-8(9(12)14-3)10(13)15-4/h7H,5-6H2,1-4H3. The molecule has 0 fully saturated rings. The number of rotatable bonds is 5. The second-order valence-corrected chi connectivity index (χ2v) is 2.75. The van der Waals surface area contributed by atoms with E-state index in [1.807, 2.05) is 18.7 Å². The van der Waals surface area contributed by atoms with E-state index in [2.05, 4.69) is 9.47 Å². The molecule has 0 rings (SSSR count). The van der Waals surface area contributed by atoms with Crippen molar-refractivity contribution in [3.05, 3.63) is 11.8 Å². The smallest absolute Gasteiger partial charge is 0.346 e. The highest BCUT2D eigenvalue weighted by Crippen LogP contribution is 2.03. The summed E-state index contributed by atoms with van der Waals surface area (Å²) in [7, 11) is 2.45. The van der Waals surface area contributed by atoms with Gasteiger partial charge in [0.1, 0.15) is 0 Å². The van der Waals surface area contributed by atoms with E-state index in [-0.39, 0.29) is 5.57 Å². The van der Waals surface area contributed by atoms with Crippen LogP contribution in [0.5, 0.6) is 0 Å². The largest absolute Gasteiger partial charge is 0.465 e. The Morgan fingerprint density at radius 3 is 1.73 bits per heavy atom. The van der Waals surface area contributed by atoms with Crippen LogP contribution in [-0.4, -0.2) is 44.1 Å². The topological polar surface area (TPSA) is 55.8 Å². The minimum atomic E-state index is -0.686. The molecule has 0 aromatic rings. The number of ether oxygens (including phenoxy) is 2. The van der Waals surface area contributed by atoms with Crippen molar-refractivity contribution in [3.8, 4) is 0 Å². The van der Waals surface area contributed by atoms with E-state index < -0.39 is 11.9 Å². The monoisotopic (exact) mass is 215 g/mol. The van der Waals surface area contributed by atoms with Crippen molar-refractivity contribution in [2.24, 2.45) is 0 Å². The Hall–Kier alpha value is -1.52. The van der Waals surface area contributed by atoms with Crippen LogP contribution in [0, 0.1) is 0 Å². The Morgan fingerprint density at radius 2 is 1.47 bits per heavy atom. The SMILES string of the molecule is CCN(C=C(C(=O)OC)C(=O)OC)CC. The van der Waals surface area contributed by atoms with Gasteiger partial charge in [-0.3, -0.25) is 0 Å². The zero-order valence-electron chi connectivity index (χ0n) is 9.57. The van der Waals surface area contributed by atoms with Crippen LogP contribution < -0.4 is 0 Å². The first kappa shape index (κ1) is 13.5. The summed E-state index contributed by atoms with van der Waals surface area (Å²) in [6.45, 7) is 5.25. The molecule has 0 unspecified atom stereocenters. The van der Waals surface area contributed by atoms with Crippen LogP contribution in [0.25, 0.3) is 0 Å². The number of methoxy groups -OCH3 is 2. The van der Waals surface area contributed by atoms with Gasteiger partial charge in [-0.15, -0.1) is 0 Å². The molecule has 0 saturated carbocycles. The quantitative estimate of drug-likeness (QED) is 0.290. The van der Waals surface area contributed by atoms with Gasteiger partial charge in [0.05, 0.1) is 14.2 Å². The Balaban J connectivity index is 4.91. The summed E-state index contributed by atoms with van der Waals surface area (Å²) in [6, 6.07) is 0. The minimum Gasteiger partial charge on any atom is -0.465 e. The third kappa shape index (κ3) is 4.01. The number of hydrogen-bond donors (Lipinski definition) is 0. The van der Waals surface area contributed by atoms with Crippen LogP contribution in [-0.2, 0) is 19.1 Å². The molecule has 0 spiro atoms. The third-order valence-corrected chi connectivity index (χ3v) is 1.93. The molecular weight excluding hydrogens is 198 g/mol. The van der Waals surface area contributed by atoms with Crippen LogP contribution in [0.1, 0.15) is 13.8 Å². The zero-order chi connectivity index (χ0) is 11.8. The molecule has 0 aliphatic carbocycles. The van der Waals surface area contributed by atoms with E-state index in [1.54, 1.807) is 0 Å². The molecule has 0 saturated heterocycles. The van der Waals surface area contributed by atoms with Crippen molar-refractivity contribution in [2.75, 3.05) is 27.3 Å². The Bertz CT molecular complexity index is 238. The Kier molecular flexibility index (Phi) is 6.17. The lowest BCUT2D eigenvalue weighted by Crippen LogP contribution is -2.23. The van der Waals surface area contributed by atoms with Gasteiger partial charge < -0.3 is 14.4 Å². The molecule has 86 valence electrons. The number of esters is 2. The number of hydrogen-bond acceptors (Lipinski definition) is 5. The van der Waals surface area contributed by atoms with Crippen molar-refractivity contribution in [1.29, 1.82) is 0 Å². The fourth-order valence-electron chi connectivity index (χ4n) is 0.997. The van der Waals surface area contributed by atoms with Gasteiger partial charge in [-0.05, 0) is 13.8 Å². The van der Waals surface area contributed by atoms with Gasteiger partial charge in [-0.2, -0.15) is 0 Å². The highest BCUT2D eigenvalue weighted by atomic mass is 16.5. The molecule has 5 heteroatoms. The van der Waals surface area contributed by atoms with Crippen molar-refractivity contribution >= 4 is 11.9 Å². The second kappa shape index (κ2) is 6.86. The highest BCUT2D eigenvalue weighted by molar-refractivity contribution is 6.13. The third-order valence-electron chi connectivity index (χ3n) is 1.93. The maximum Gasteiger partial charge on any atom is 0.346 e. The van der Waals surface area contributed by atoms with Gasteiger partial charge in [0.25, 0.3) is 0 Å². The van der Waals surface area contributed by atoms with Gasteiger partial charge in [0, 0.05) is 19.3 Å². The van der Waals surface area contributed by atoms with E-state index in [0.717, 1.165) is 0 Å². The fourth-order valence-corrected chi connectivity index (χ4v) is 0.997. The van der Waals surface area contributed by atoms with Crippen LogP contribution in [0.2, 0.25) is 0 Å². The van der Waals surface area contributed by atoms with Crippen LogP contribution >= 0.6 is 0 Å². The maximum atomic E-state index is 11.3. The molecule has 0 aromatic heterocycles. The van der Waals surface area contributed by atoms with Gasteiger partial charge >= 0.3 is 11.9 Å². The molecular formula is C10H17NO4. The van der Waals surface area contributed by atoms with E-state index >= 15 is 0 Å². The summed E-state index contributed by atoms with van der Waals surface area (Å²) in [6.07, 6.45) is 1.46. The molecule has 0 aromatic carbocycles. The average molecular weight is 215 g/mol. The maximum absolute atomic E-state index is 11.3. The first-order valence-corrected chi connectivity index (χ1v) is 4.73. The first-order chi connectivity index (χ1) is 7.10. The van der Waals surface area contributed by atoms with Crippen molar-refractivity contribution < 1.29 is 19.1 Å². The molecule has 0 bridgehead atoms. The molecule has 0 N–H and O–H groups in total. The molecule has 0 atom stereocenters. The average Bonchev–Trinajstić information content (AvgIpc) is 2.29. The predicted molar refractivity (Wildman–Crippen MR) is 55.0 cm³/mol. The van der Waals surface area contributed by atoms with Crippen molar-refractivity contribution in [3.63, 3.8) is 0 Å². The molecule has 0 aliphatic rings. The normalized spacial score (nSPS) is 9.07. The summed E-state index contributed by atoms with van der Waals surface area (Å²) in [5, 5.41) is 0. The van der Waals surface area contributed by atoms with E-state index in [4.69, 9.17) is 0 Å². The molecule has 0 amide bonds. The van der Waals surface area contributed by atoms with Crippen LogP contribution in [0.4, 0.5) is 0 Å². The van der Waals surface area contributed by atoms with Gasteiger partial charge in [-0.25, -0.2) is 9.59 Å². The van der Waals surface area contributed by atoms with Crippen LogP contribution in [0.15, 0.2) is 11.8 Å². The molecule has 0 radical (unpaired) electrons. The summed E-state index contributed by atoms with van der Waals surface area (Å²) in [5.41, 5.74) is -0.0938. The number of carbonyl (C=O) groups excluding carboxylic acids is 2. The van der Waals surface area contributed by atoms with Gasteiger partial charge in [-0.1, -0.05) is 0 Å². The first-order valence-electron chi connectivity index (χ1n) is 4.73. The summed E-state index contributed by atoms with van der Waals surface area (Å²) in [4.78, 5) is 24.3. The summed E-state index contributed by atoms with van der Waals surface area (Å²) < 4.78 is 8.98. The summed E-state index contributed by atoms with van der Waals surface area (Å²) in [5.74, 6) is -1.37. The van der Waals surface area contributed by atoms with E-state index in [0.29, 0.717) is 13.1 Å². The highest BCUT2D eigenvalue weighted by Gasteiger charge is 2.20. The van der Waals surface area contributed by atoms with E-state index in [9.17, 15) is 9.59 Å². The number of nitrogens with zero attached hydrogens (tertiary/aromatic N) is 1. The predicted octanol–water partition coefficient (Wildman–Crippen LogP) is 0.558. The Labute approximate surface area is 89.6 Å². The minimum absolute atomic E-state index is 0.0938. The van der Waals surface area contributed by atoms with Gasteiger partial charge in [0.2, 0.25) is 0 Å². The summed E-state index contributed by atoms with van der Waals surface area (Å²) >= 11 is 0. The zero-order valence-corrected chi connectivity index (χ0v) is 9.57. The van der Waals surface area contributed by atoms with Gasteiger partial charge in [0.15, 0.2) is 5.57 Å². The molecule has 0 heterocycles. The lowest BCUT2D eigenvalue weighted by atomic mass is 10.3. The lowest BCUT2D eigenvalue weighted by molar-refractivity contribution is -0.144. The lowest BCUT2D eigenvalue weighted by Gasteiger charge is -2.16. The Morgan fingerprint density at radius 1 is 1.07 bits per heavy atom. The van der Waals surface area contributed by atoms with Crippen molar-refractivity contribution in [1.82, 2.24) is 4.90 Å². The van der Waals surface area contributed by atoms with Crippen molar-refractivity contribution in [2.45, 2.75) is 13.8 Å². The van der Waals surface area contributed by atoms with Crippen LogP contribution in [0.3, 0.4) is 0 Å². The molecule has 5 nitrogen and oxygen atoms in total. The second-order valence-electron chi connectivity index (χ2n) is 2.75. The number of carbonyl (C=O) groups is 2. The molecule has 0 aliphatic heterocycles. The fraction of sp³-hybridized carbons (Fsp3) is 0.600. The molecule has 15 heavy (non-hydrogen) atoms.